The highest BCUT2D eigenvalue weighted by Gasteiger charge is 2.40. The van der Waals surface area contributed by atoms with Crippen LogP contribution in [0.15, 0.2) is 170 Å². The minimum atomic E-state index is -0.331. The highest BCUT2D eigenvalue weighted by molar-refractivity contribution is 6.36. The number of hydrogen-bond acceptors (Lipinski definition) is 2. The smallest absolute Gasteiger partial charge is 0.268 e. The van der Waals surface area contributed by atoms with Crippen LogP contribution in [-0.2, 0) is 0 Å². The van der Waals surface area contributed by atoms with E-state index in [1.54, 1.807) is 6.07 Å². The maximum Gasteiger partial charge on any atom is 0.268 e. The van der Waals surface area contributed by atoms with E-state index < -0.39 is 0 Å². The summed E-state index contributed by atoms with van der Waals surface area (Å²) in [7, 11) is 0. The minimum absolute atomic E-state index is 0.323. The molecule has 4 heteroatoms. The van der Waals surface area contributed by atoms with Gasteiger partial charge in [-0.05, 0) is 58.1 Å². The summed E-state index contributed by atoms with van der Waals surface area (Å²) in [6, 6.07) is 56.7. The number of carbonyl (C=O) groups excluding carboxylic acids is 2. The van der Waals surface area contributed by atoms with Gasteiger partial charge in [0.05, 0.1) is 33.5 Å². The quantitative estimate of drug-likeness (QED) is 0.181. The van der Waals surface area contributed by atoms with Crippen LogP contribution in [0.5, 0.6) is 0 Å². The van der Waals surface area contributed by atoms with Crippen molar-refractivity contribution in [3.8, 4) is 39.1 Å². The summed E-state index contributed by atoms with van der Waals surface area (Å²) >= 11 is 0. The monoisotopic (exact) mass is 616 g/mol. The van der Waals surface area contributed by atoms with Crippen LogP contribution in [0.1, 0.15) is 20.7 Å². The molecule has 1 aliphatic rings. The summed E-state index contributed by atoms with van der Waals surface area (Å²) in [5.41, 5.74) is 10.1. The largest absolute Gasteiger partial charge is 0.308 e. The molecule has 2 heterocycles. The third kappa shape index (κ3) is 4.31. The van der Waals surface area contributed by atoms with Crippen molar-refractivity contribution in [2.45, 2.75) is 0 Å². The third-order valence-corrected chi connectivity index (χ3v) is 9.35. The fourth-order valence-corrected chi connectivity index (χ4v) is 7.10. The standard InChI is InChI=1S/C44H28N2O2/c47-43-37-20-12-22-39(42(37)44(48)46(43)38-21-11-10-19-34(38)31-17-8-3-9-18-31)45-40-27-32(29-13-4-1-5-14-29)23-25-35(40)36-26-24-33(28-41(36)45)30-15-6-2-7-16-30/h1-28H. The van der Waals surface area contributed by atoms with Crippen molar-refractivity contribution in [2.75, 3.05) is 4.90 Å². The van der Waals surface area contributed by atoms with Gasteiger partial charge >= 0.3 is 0 Å². The molecule has 1 aromatic heterocycles. The highest BCUT2D eigenvalue weighted by Crippen LogP contribution is 2.41. The molecule has 0 bridgehead atoms. The van der Waals surface area contributed by atoms with E-state index in [0.717, 1.165) is 55.2 Å². The molecule has 7 aromatic carbocycles. The molecule has 226 valence electrons. The average Bonchev–Trinajstić information content (AvgIpc) is 3.62. The number of aromatic nitrogens is 1. The van der Waals surface area contributed by atoms with Crippen molar-refractivity contribution in [1.29, 1.82) is 0 Å². The maximum atomic E-state index is 14.6. The Labute approximate surface area is 277 Å². The molecular formula is C44H28N2O2. The Balaban J connectivity index is 1.29. The van der Waals surface area contributed by atoms with E-state index in [0.29, 0.717) is 22.5 Å². The van der Waals surface area contributed by atoms with Crippen LogP contribution in [0.3, 0.4) is 0 Å². The summed E-state index contributed by atoms with van der Waals surface area (Å²) in [6.45, 7) is 0. The number of rotatable bonds is 5. The van der Waals surface area contributed by atoms with Crippen molar-refractivity contribution >= 4 is 39.3 Å². The highest BCUT2D eigenvalue weighted by atomic mass is 16.2. The van der Waals surface area contributed by atoms with Gasteiger partial charge in [0.25, 0.3) is 11.8 Å². The van der Waals surface area contributed by atoms with Crippen molar-refractivity contribution < 1.29 is 9.59 Å². The third-order valence-electron chi connectivity index (χ3n) is 9.35. The van der Waals surface area contributed by atoms with Gasteiger partial charge in [0, 0.05) is 16.3 Å². The molecule has 0 atom stereocenters. The van der Waals surface area contributed by atoms with Crippen LogP contribution in [0.2, 0.25) is 0 Å². The Bertz CT molecular complexity index is 2440. The number of amides is 2. The van der Waals surface area contributed by atoms with Crippen molar-refractivity contribution in [2.24, 2.45) is 0 Å². The lowest BCUT2D eigenvalue weighted by Gasteiger charge is -2.19. The Hall–Kier alpha value is -6.52. The second kappa shape index (κ2) is 11.1. The van der Waals surface area contributed by atoms with Crippen molar-refractivity contribution in [1.82, 2.24) is 4.57 Å². The number of carbonyl (C=O) groups is 2. The van der Waals surface area contributed by atoms with Gasteiger partial charge in [-0.1, -0.05) is 140 Å². The lowest BCUT2D eigenvalue weighted by Crippen LogP contribution is -2.30. The van der Waals surface area contributed by atoms with Gasteiger partial charge in [0.15, 0.2) is 0 Å². The van der Waals surface area contributed by atoms with E-state index in [-0.39, 0.29) is 11.8 Å². The molecule has 2 amide bonds. The summed E-state index contributed by atoms with van der Waals surface area (Å²) in [4.78, 5) is 30.2. The van der Waals surface area contributed by atoms with Crippen molar-refractivity contribution in [3.63, 3.8) is 0 Å². The fourth-order valence-electron chi connectivity index (χ4n) is 7.10. The van der Waals surface area contributed by atoms with E-state index in [1.165, 1.54) is 4.90 Å². The second-order valence-electron chi connectivity index (χ2n) is 12.1. The first kappa shape index (κ1) is 27.8. The molecule has 8 aromatic rings. The van der Waals surface area contributed by atoms with E-state index in [9.17, 15) is 9.59 Å². The molecule has 0 saturated heterocycles. The van der Waals surface area contributed by atoms with Crippen LogP contribution < -0.4 is 4.90 Å². The van der Waals surface area contributed by atoms with Crippen LogP contribution in [-0.4, -0.2) is 16.4 Å². The average molecular weight is 617 g/mol. The summed E-state index contributed by atoms with van der Waals surface area (Å²) in [5, 5.41) is 2.15. The Morgan fingerprint density at radius 1 is 0.354 bits per heavy atom. The number of nitrogens with zero attached hydrogens (tertiary/aromatic N) is 2. The first-order valence-electron chi connectivity index (χ1n) is 16.0. The summed E-state index contributed by atoms with van der Waals surface area (Å²) < 4.78 is 2.17. The molecule has 0 spiro atoms. The summed E-state index contributed by atoms with van der Waals surface area (Å²) in [6.07, 6.45) is 0. The zero-order valence-electron chi connectivity index (χ0n) is 25.9. The molecule has 48 heavy (non-hydrogen) atoms. The fraction of sp³-hybridized carbons (Fsp3) is 0. The molecule has 4 nitrogen and oxygen atoms in total. The number of anilines is 1. The number of fused-ring (bicyclic) bond motifs is 4. The molecule has 9 rings (SSSR count). The number of benzene rings is 7. The molecular weight excluding hydrogens is 588 g/mol. The van der Waals surface area contributed by atoms with Gasteiger partial charge in [0.2, 0.25) is 0 Å². The lowest BCUT2D eigenvalue weighted by molar-refractivity contribution is 0.0926. The van der Waals surface area contributed by atoms with E-state index in [2.05, 4.69) is 65.2 Å². The Kier molecular flexibility index (Phi) is 6.41. The Morgan fingerprint density at radius 2 is 0.833 bits per heavy atom. The SMILES string of the molecule is O=C1c2cccc(-n3c4cc(-c5ccccc5)ccc4c4ccc(-c5ccccc5)cc43)c2C(=O)N1c1ccccc1-c1ccccc1. The van der Waals surface area contributed by atoms with E-state index in [4.69, 9.17) is 0 Å². The summed E-state index contributed by atoms with van der Waals surface area (Å²) in [5.74, 6) is -0.654. The number of para-hydroxylation sites is 1. The molecule has 0 N–H and O–H groups in total. The maximum absolute atomic E-state index is 14.6. The Morgan fingerprint density at radius 3 is 1.42 bits per heavy atom. The van der Waals surface area contributed by atoms with Gasteiger partial charge in [-0.15, -0.1) is 0 Å². The normalized spacial score (nSPS) is 12.6. The molecule has 0 unspecified atom stereocenters. The zero-order valence-corrected chi connectivity index (χ0v) is 25.9. The molecule has 0 saturated carbocycles. The topological polar surface area (TPSA) is 42.3 Å². The van der Waals surface area contributed by atoms with Gasteiger partial charge in [0.1, 0.15) is 0 Å². The predicted octanol–water partition coefficient (Wildman–Crippen LogP) is 10.6. The van der Waals surface area contributed by atoms with Crippen LogP contribution in [0.25, 0.3) is 60.9 Å². The minimum Gasteiger partial charge on any atom is -0.308 e. The zero-order chi connectivity index (χ0) is 32.2. The van der Waals surface area contributed by atoms with Crippen LogP contribution >= 0.6 is 0 Å². The number of hydrogen-bond donors (Lipinski definition) is 0. The van der Waals surface area contributed by atoms with E-state index >= 15 is 0 Å². The van der Waals surface area contributed by atoms with Crippen LogP contribution in [0.4, 0.5) is 5.69 Å². The molecule has 0 radical (unpaired) electrons. The van der Waals surface area contributed by atoms with Crippen LogP contribution in [0, 0.1) is 0 Å². The molecule has 0 fully saturated rings. The predicted molar refractivity (Wildman–Crippen MR) is 195 cm³/mol. The second-order valence-corrected chi connectivity index (χ2v) is 12.1. The van der Waals surface area contributed by atoms with Gasteiger partial charge < -0.3 is 4.57 Å². The number of imide groups is 1. The molecule has 0 aliphatic carbocycles. The van der Waals surface area contributed by atoms with E-state index in [1.807, 2.05) is 103 Å². The van der Waals surface area contributed by atoms with Gasteiger partial charge in [-0.25, -0.2) is 4.90 Å². The first-order valence-corrected chi connectivity index (χ1v) is 16.0. The lowest BCUT2D eigenvalue weighted by atomic mass is 10.0. The van der Waals surface area contributed by atoms with Gasteiger partial charge in [-0.2, -0.15) is 0 Å². The van der Waals surface area contributed by atoms with Gasteiger partial charge in [-0.3, -0.25) is 9.59 Å². The first-order chi connectivity index (χ1) is 23.7. The van der Waals surface area contributed by atoms with Crippen molar-refractivity contribution in [3.05, 3.63) is 181 Å². The molecule has 1 aliphatic heterocycles.